The normalized spacial score (nSPS) is 16.3. The number of benzene rings is 1. The Hall–Kier alpha value is -1.10. The SMILES string of the molecule is CN(CCCOc1cccc(CN)c1)CC1CCOCC1. The average Bonchev–Trinajstić information content (AvgIpc) is 2.53. The molecule has 2 rings (SSSR count). The first-order valence-corrected chi connectivity index (χ1v) is 7.96. The van der Waals surface area contributed by atoms with Gasteiger partial charge in [0.25, 0.3) is 0 Å². The average molecular weight is 292 g/mol. The second-order valence-corrected chi connectivity index (χ2v) is 5.87. The fourth-order valence-electron chi connectivity index (χ4n) is 2.75. The van der Waals surface area contributed by atoms with Crippen LogP contribution in [0.4, 0.5) is 0 Å². The summed E-state index contributed by atoms with van der Waals surface area (Å²) in [5, 5.41) is 0. The highest BCUT2D eigenvalue weighted by Crippen LogP contribution is 2.16. The van der Waals surface area contributed by atoms with Crippen molar-refractivity contribution < 1.29 is 9.47 Å². The lowest BCUT2D eigenvalue weighted by atomic mass is 10.00. The van der Waals surface area contributed by atoms with E-state index in [9.17, 15) is 0 Å². The Bertz CT molecular complexity index is 406. The van der Waals surface area contributed by atoms with Crippen molar-refractivity contribution in [2.45, 2.75) is 25.8 Å². The van der Waals surface area contributed by atoms with Gasteiger partial charge in [-0.05, 0) is 49.9 Å². The van der Waals surface area contributed by atoms with Crippen LogP contribution in [-0.4, -0.2) is 44.9 Å². The number of nitrogens with zero attached hydrogens (tertiary/aromatic N) is 1. The highest BCUT2D eigenvalue weighted by atomic mass is 16.5. The van der Waals surface area contributed by atoms with Gasteiger partial charge < -0.3 is 20.1 Å². The third-order valence-corrected chi connectivity index (χ3v) is 4.00. The molecule has 1 aliphatic heterocycles. The van der Waals surface area contributed by atoms with Crippen LogP contribution in [-0.2, 0) is 11.3 Å². The first-order chi connectivity index (χ1) is 10.3. The third-order valence-electron chi connectivity index (χ3n) is 4.00. The van der Waals surface area contributed by atoms with Crippen molar-refractivity contribution in [1.29, 1.82) is 0 Å². The largest absolute Gasteiger partial charge is 0.494 e. The maximum absolute atomic E-state index is 5.79. The van der Waals surface area contributed by atoms with Gasteiger partial charge >= 0.3 is 0 Å². The van der Waals surface area contributed by atoms with Crippen LogP contribution in [0, 0.1) is 5.92 Å². The zero-order valence-electron chi connectivity index (χ0n) is 13.1. The molecule has 1 heterocycles. The van der Waals surface area contributed by atoms with E-state index in [1.807, 2.05) is 24.3 Å². The number of ether oxygens (including phenoxy) is 2. The molecule has 1 aliphatic rings. The van der Waals surface area contributed by atoms with Gasteiger partial charge in [-0.25, -0.2) is 0 Å². The number of hydrogen-bond acceptors (Lipinski definition) is 4. The molecular weight excluding hydrogens is 264 g/mol. The van der Waals surface area contributed by atoms with Crippen molar-refractivity contribution in [1.82, 2.24) is 4.90 Å². The van der Waals surface area contributed by atoms with Crippen LogP contribution in [0.1, 0.15) is 24.8 Å². The molecule has 118 valence electrons. The van der Waals surface area contributed by atoms with Gasteiger partial charge in [0.05, 0.1) is 6.61 Å². The molecule has 4 nitrogen and oxygen atoms in total. The van der Waals surface area contributed by atoms with Crippen LogP contribution in [0.25, 0.3) is 0 Å². The molecule has 21 heavy (non-hydrogen) atoms. The molecule has 1 aromatic rings. The third kappa shape index (κ3) is 6.04. The lowest BCUT2D eigenvalue weighted by molar-refractivity contribution is 0.0552. The van der Waals surface area contributed by atoms with E-state index in [-0.39, 0.29) is 0 Å². The molecule has 0 aliphatic carbocycles. The molecule has 1 aromatic carbocycles. The fourth-order valence-corrected chi connectivity index (χ4v) is 2.75. The predicted molar refractivity (Wildman–Crippen MR) is 85.5 cm³/mol. The molecule has 1 fully saturated rings. The Morgan fingerprint density at radius 3 is 2.90 bits per heavy atom. The van der Waals surface area contributed by atoms with Crippen molar-refractivity contribution >= 4 is 0 Å². The molecule has 4 heteroatoms. The van der Waals surface area contributed by atoms with E-state index in [0.29, 0.717) is 6.54 Å². The van der Waals surface area contributed by atoms with Crippen LogP contribution >= 0.6 is 0 Å². The Balaban J connectivity index is 1.60. The predicted octanol–water partition coefficient (Wildman–Crippen LogP) is 2.27. The van der Waals surface area contributed by atoms with Crippen molar-refractivity contribution in [2.24, 2.45) is 11.7 Å². The van der Waals surface area contributed by atoms with Crippen molar-refractivity contribution in [3.8, 4) is 5.75 Å². The Morgan fingerprint density at radius 1 is 1.33 bits per heavy atom. The highest BCUT2D eigenvalue weighted by molar-refractivity contribution is 5.28. The highest BCUT2D eigenvalue weighted by Gasteiger charge is 2.15. The van der Waals surface area contributed by atoms with E-state index in [0.717, 1.165) is 50.0 Å². The second-order valence-electron chi connectivity index (χ2n) is 5.87. The van der Waals surface area contributed by atoms with Gasteiger partial charge in [0, 0.05) is 32.8 Å². The first kappa shape index (κ1) is 16.3. The summed E-state index contributed by atoms with van der Waals surface area (Å²) >= 11 is 0. The maximum Gasteiger partial charge on any atom is 0.119 e. The second kappa shape index (κ2) is 9.03. The van der Waals surface area contributed by atoms with Gasteiger partial charge in [0.2, 0.25) is 0 Å². The Kier molecular flexibility index (Phi) is 7.00. The van der Waals surface area contributed by atoms with Crippen LogP contribution in [0.5, 0.6) is 5.75 Å². The minimum absolute atomic E-state index is 0.561. The van der Waals surface area contributed by atoms with E-state index in [1.165, 1.54) is 19.4 Å². The smallest absolute Gasteiger partial charge is 0.119 e. The van der Waals surface area contributed by atoms with E-state index in [2.05, 4.69) is 11.9 Å². The van der Waals surface area contributed by atoms with E-state index in [1.54, 1.807) is 0 Å². The Morgan fingerprint density at radius 2 is 2.14 bits per heavy atom. The zero-order valence-corrected chi connectivity index (χ0v) is 13.1. The molecule has 0 unspecified atom stereocenters. The van der Waals surface area contributed by atoms with E-state index >= 15 is 0 Å². The standard InChI is InChI=1S/C17H28N2O2/c1-19(14-15-6-10-20-11-7-15)8-3-9-21-17-5-2-4-16(12-17)13-18/h2,4-5,12,15H,3,6-11,13-14,18H2,1H3. The van der Waals surface area contributed by atoms with Crippen molar-refractivity contribution in [2.75, 3.05) is 40.0 Å². The topological polar surface area (TPSA) is 47.7 Å². The number of hydrogen-bond donors (Lipinski definition) is 1. The summed E-state index contributed by atoms with van der Waals surface area (Å²) in [5.74, 6) is 1.72. The zero-order chi connectivity index (χ0) is 14.9. The fraction of sp³-hybridized carbons (Fsp3) is 0.647. The van der Waals surface area contributed by atoms with Crippen molar-refractivity contribution in [3.05, 3.63) is 29.8 Å². The van der Waals surface area contributed by atoms with Gasteiger partial charge in [-0.1, -0.05) is 12.1 Å². The maximum atomic E-state index is 5.79. The molecule has 0 atom stereocenters. The quantitative estimate of drug-likeness (QED) is 0.747. The van der Waals surface area contributed by atoms with Crippen LogP contribution in [0.2, 0.25) is 0 Å². The molecular formula is C17H28N2O2. The van der Waals surface area contributed by atoms with Gasteiger partial charge in [-0.15, -0.1) is 0 Å². The summed E-state index contributed by atoms with van der Waals surface area (Å²) < 4.78 is 11.2. The lowest BCUT2D eigenvalue weighted by Gasteiger charge is -2.27. The summed E-state index contributed by atoms with van der Waals surface area (Å²) in [4.78, 5) is 2.41. The number of nitrogens with two attached hydrogens (primary N) is 1. The first-order valence-electron chi connectivity index (χ1n) is 7.96. The molecule has 0 radical (unpaired) electrons. The van der Waals surface area contributed by atoms with Crippen molar-refractivity contribution in [3.63, 3.8) is 0 Å². The molecule has 0 aromatic heterocycles. The summed E-state index contributed by atoms with van der Waals surface area (Å²) in [6, 6.07) is 8.03. The Labute approximate surface area is 128 Å². The number of rotatable bonds is 8. The van der Waals surface area contributed by atoms with Gasteiger partial charge in [-0.3, -0.25) is 0 Å². The van der Waals surface area contributed by atoms with Crippen LogP contribution in [0.15, 0.2) is 24.3 Å². The minimum atomic E-state index is 0.561. The molecule has 0 spiro atoms. The molecule has 2 N–H and O–H groups in total. The lowest BCUT2D eigenvalue weighted by Crippen LogP contribution is -2.30. The van der Waals surface area contributed by atoms with E-state index in [4.69, 9.17) is 15.2 Å². The van der Waals surface area contributed by atoms with E-state index < -0.39 is 0 Å². The van der Waals surface area contributed by atoms with Gasteiger partial charge in [-0.2, -0.15) is 0 Å². The summed E-state index contributed by atoms with van der Waals surface area (Å²) in [6.45, 7) is 5.43. The van der Waals surface area contributed by atoms with Crippen LogP contribution in [0.3, 0.4) is 0 Å². The van der Waals surface area contributed by atoms with Gasteiger partial charge in [0.1, 0.15) is 5.75 Å². The monoisotopic (exact) mass is 292 g/mol. The summed E-state index contributed by atoms with van der Waals surface area (Å²) in [6.07, 6.45) is 3.45. The summed E-state index contributed by atoms with van der Waals surface area (Å²) in [5.41, 5.74) is 6.75. The minimum Gasteiger partial charge on any atom is -0.494 e. The van der Waals surface area contributed by atoms with Gasteiger partial charge in [0.15, 0.2) is 0 Å². The van der Waals surface area contributed by atoms with Crippen LogP contribution < -0.4 is 10.5 Å². The molecule has 1 saturated heterocycles. The molecule has 0 bridgehead atoms. The molecule has 0 amide bonds. The summed E-state index contributed by atoms with van der Waals surface area (Å²) in [7, 11) is 2.20. The molecule has 0 saturated carbocycles.